The number of fused-ring (bicyclic) bond motifs is 1. The van der Waals surface area contributed by atoms with Crippen LogP contribution in [0.2, 0.25) is 0 Å². The molecule has 0 radical (unpaired) electrons. The van der Waals surface area contributed by atoms with Crippen molar-refractivity contribution in [2.75, 3.05) is 58.1 Å². The molecule has 0 saturated carbocycles. The van der Waals surface area contributed by atoms with Gasteiger partial charge in [-0.25, -0.2) is 13.2 Å². The lowest BCUT2D eigenvalue weighted by Crippen LogP contribution is -2.43. The molecule has 10 heteroatoms. The number of methoxy groups -OCH3 is 1. The molecule has 0 bridgehead atoms. The van der Waals surface area contributed by atoms with Crippen LogP contribution in [0.1, 0.15) is 37.4 Å². The number of ether oxygens (including phenoxy) is 1. The quantitative estimate of drug-likeness (QED) is 0.303. The molecule has 1 saturated heterocycles. The van der Waals surface area contributed by atoms with Crippen LogP contribution in [0.25, 0.3) is 10.9 Å². The third kappa shape index (κ3) is 6.80. The Labute approximate surface area is 231 Å². The summed E-state index contributed by atoms with van der Waals surface area (Å²) >= 11 is 1.04. The highest BCUT2D eigenvalue weighted by Crippen LogP contribution is 2.41. The summed E-state index contributed by atoms with van der Waals surface area (Å²) in [6.07, 6.45) is 3.67. The zero-order valence-corrected chi connectivity index (χ0v) is 23.4. The lowest BCUT2D eigenvalue weighted by Gasteiger charge is -2.41. The van der Waals surface area contributed by atoms with Crippen molar-refractivity contribution in [3.63, 3.8) is 0 Å². The first-order valence-corrected chi connectivity index (χ1v) is 14.1. The van der Waals surface area contributed by atoms with E-state index >= 15 is 0 Å². The predicted octanol–water partition coefficient (Wildman–Crippen LogP) is 5.41. The van der Waals surface area contributed by atoms with E-state index in [1.54, 1.807) is 13.3 Å². The predicted molar refractivity (Wildman–Crippen MR) is 149 cm³/mol. The van der Waals surface area contributed by atoms with Crippen molar-refractivity contribution in [1.82, 2.24) is 9.88 Å². The summed E-state index contributed by atoms with van der Waals surface area (Å²) in [6, 6.07) is 7.02. The van der Waals surface area contributed by atoms with Crippen LogP contribution < -0.4 is 9.64 Å². The van der Waals surface area contributed by atoms with Gasteiger partial charge < -0.3 is 24.7 Å². The van der Waals surface area contributed by atoms with E-state index in [0.717, 1.165) is 59.8 Å². The molecule has 1 aliphatic heterocycles. The third-order valence-electron chi connectivity index (χ3n) is 7.73. The van der Waals surface area contributed by atoms with Crippen molar-refractivity contribution in [3.05, 3.63) is 59.5 Å². The number of nitrogens with zero attached hydrogens (tertiary/aromatic N) is 3. The molecule has 2 heterocycles. The van der Waals surface area contributed by atoms with E-state index in [1.807, 2.05) is 37.2 Å². The van der Waals surface area contributed by atoms with Crippen LogP contribution in [-0.4, -0.2) is 73.3 Å². The first-order chi connectivity index (χ1) is 18.7. The van der Waals surface area contributed by atoms with Crippen LogP contribution in [0.3, 0.4) is 0 Å². The average Bonchev–Trinajstić information content (AvgIpc) is 2.92. The molecule has 0 aliphatic carbocycles. The maximum Gasteiger partial charge on any atom is 0.142 e. The van der Waals surface area contributed by atoms with Gasteiger partial charge in [-0.2, -0.15) is 0 Å². The van der Waals surface area contributed by atoms with Crippen LogP contribution >= 0.6 is 11.8 Å². The Morgan fingerprint density at radius 3 is 2.44 bits per heavy atom. The topological polar surface area (TPSA) is 69.1 Å². The van der Waals surface area contributed by atoms with Crippen molar-refractivity contribution in [3.8, 4) is 5.75 Å². The average molecular weight is 564 g/mol. The van der Waals surface area contributed by atoms with Crippen molar-refractivity contribution in [2.45, 2.75) is 36.7 Å². The summed E-state index contributed by atoms with van der Waals surface area (Å²) in [6.45, 7) is 2.13. The molecule has 212 valence electrons. The van der Waals surface area contributed by atoms with Gasteiger partial charge in [-0.1, -0.05) is 0 Å². The third-order valence-corrected chi connectivity index (χ3v) is 8.79. The Balaban J connectivity index is 1.38. The fraction of sp³-hybridized carbons (Fsp3) is 0.483. The molecule has 6 nitrogen and oxygen atoms in total. The molecule has 2 aromatic carbocycles. The van der Waals surface area contributed by atoms with E-state index in [2.05, 4.69) is 9.88 Å². The van der Waals surface area contributed by atoms with Crippen LogP contribution in [0, 0.1) is 22.9 Å². The van der Waals surface area contributed by atoms with Crippen LogP contribution in [0.5, 0.6) is 5.75 Å². The zero-order chi connectivity index (χ0) is 28.2. The molecule has 1 unspecified atom stereocenters. The molecule has 1 aromatic heterocycles. The lowest BCUT2D eigenvalue weighted by molar-refractivity contribution is 0.0255. The first-order valence-electron chi connectivity index (χ1n) is 13.1. The number of hydrogen-bond acceptors (Lipinski definition) is 7. The molecule has 1 atom stereocenters. The number of hydrogen-bond donors (Lipinski definition) is 2. The Bertz CT molecular complexity index is 1260. The minimum atomic E-state index is -0.925. The molecule has 39 heavy (non-hydrogen) atoms. The zero-order valence-electron chi connectivity index (χ0n) is 22.6. The van der Waals surface area contributed by atoms with Gasteiger partial charge in [0, 0.05) is 56.1 Å². The largest absolute Gasteiger partial charge is 0.497 e. The van der Waals surface area contributed by atoms with Gasteiger partial charge in [0.1, 0.15) is 23.2 Å². The van der Waals surface area contributed by atoms with Crippen LogP contribution in [0.15, 0.2) is 41.4 Å². The molecule has 2 N–H and O–H groups in total. The number of thioether (sulfide) groups is 1. The number of anilines is 1. The molecular formula is C29H36F3N3O3S. The van der Waals surface area contributed by atoms with Crippen molar-refractivity contribution in [2.24, 2.45) is 5.41 Å². The molecule has 1 aliphatic rings. The molecule has 4 rings (SSSR count). The van der Waals surface area contributed by atoms with Gasteiger partial charge in [-0.3, -0.25) is 4.98 Å². The van der Waals surface area contributed by atoms with Gasteiger partial charge in [0.15, 0.2) is 0 Å². The molecular weight excluding hydrogens is 527 g/mol. The fourth-order valence-corrected chi connectivity index (χ4v) is 6.23. The molecule has 1 fully saturated rings. The Morgan fingerprint density at radius 2 is 1.82 bits per heavy atom. The number of likely N-dealkylation sites (tertiary alicyclic amines) is 1. The van der Waals surface area contributed by atoms with Gasteiger partial charge in [0.05, 0.1) is 35.5 Å². The van der Waals surface area contributed by atoms with E-state index < -0.39 is 23.6 Å². The second-order valence-corrected chi connectivity index (χ2v) is 11.5. The van der Waals surface area contributed by atoms with Gasteiger partial charge in [0.2, 0.25) is 0 Å². The summed E-state index contributed by atoms with van der Waals surface area (Å²) in [5.41, 5.74) is 2.10. The van der Waals surface area contributed by atoms with E-state index in [0.29, 0.717) is 43.0 Å². The smallest absolute Gasteiger partial charge is 0.142 e. The monoisotopic (exact) mass is 563 g/mol. The fourth-order valence-electron chi connectivity index (χ4n) is 5.28. The van der Waals surface area contributed by atoms with Crippen LogP contribution in [-0.2, 0) is 0 Å². The van der Waals surface area contributed by atoms with E-state index in [9.17, 15) is 23.4 Å². The van der Waals surface area contributed by atoms with Gasteiger partial charge >= 0.3 is 0 Å². The minimum Gasteiger partial charge on any atom is -0.497 e. The number of piperidine rings is 1. The number of aromatic nitrogens is 1. The highest BCUT2D eigenvalue weighted by atomic mass is 32.2. The maximum absolute atomic E-state index is 13.9. The molecule has 3 aromatic rings. The minimum absolute atomic E-state index is 0.0275. The first kappa shape index (κ1) is 29.5. The number of pyridine rings is 1. The van der Waals surface area contributed by atoms with Crippen molar-refractivity contribution in [1.29, 1.82) is 0 Å². The van der Waals surface area contributed by atoms with Gasteiger partial charge in [-0.05, 0) is 62.4 Å². The summed E-state index contributed by atoms with van der Waals surface area (Å²) < 4.78 is 46.4. The van der Waals surface area contributed by atoms with Gasteiger partial charge in [0.25, 0.3) is 0 Å². The number of benzene rings is 2. The Hall–Kier alpha value is -2.53. The van der Waals surface area contributed by atoms with E-state index in [1.165, 1.54) is 0 Å². The second kappa shape index (κ2) is 12.8. The highest BCUT2D eigenvalue weighted by Gasteiger charge is 2.35. The summed E-state index contributed by atoms with van der Waals surface area (Å²) in [5.74, 6) is -1.53. The summed E-state index contributed by atoms with van der Waals surface area (Å²) in [5, 5.41) is 22.6. The van der Waals surface area contributed by atoms with Gasteiger partial charge in [-0.15, -0.1) is 11.8 Å². The number of aliphatic hydroxyl groups is 2. The van der Waals surface area contributed by atoms with Crippen molar-refractivity contribution >= 4 is 28.4 Å². The Kier molecular flexibility index (Phi) is 9.64. The summed E-state index contributed by atoms with van der Waals surface area (Å²) in [7, 11) is 5.44. The van der Waals surface area contributed by atoms with E-state index in [-0.39, 0.29) is 16.9 Å². The highest BCUT2D eigenvalue weighted by molar-refractivity contribution is 7.99. The van der Waals surface area contributed by atoms with Crippen LogP contribution in [0.4, 0.5) is 18.9 Å². The SMILES string of the molecule is COc1ccc2ncc(N(C)C)c(C(O)CCC3(CO)CCN(CCSc4c(F)cc(F)cc4F)CC3)c2c1. The normalized spacial score (nSPS) is 16.4. The maximum atomic E-state index is 13.9. The lowest BCUT2D eigenvalue weighted by atomic mass is 9.74. The summed E-state index contributed by atoms with van der Waals surface area (Å²) in [4.78, 5) is 8.54. The van der Waals surface area contributed by atoms with E-state index in [4.69, 9.17) is 4.74 Å². The number of aliphatic hydroxyl groups excluding tert-OH is 2. The number of rotatable bonds is 11. The second-order valence-electron chi connectivity index (χ2n) is 10.4. The van der Waals surface area contributed by atoms with Crippen molar-refractivity contribution < 1.29 is 28.1 Å². The molecule has 0 amide bonds. The Morgan fingerprint density at radius 1 is 1.13 bits per heavy atom. The standard InChI is InChI=1S/C29H36F3N3O3S/c1-34(2)25-17-33-24-5-4-20(38-3)16-21(24)27(25)26(37)6-7-29(18-36)8-10-35(11-9-29)12-13-39-28-22(31)14-19(30)15-23(28)32/h4-5,14-17,26,36-37H,6-13,18H2,1-3H3. The number of halogens is 3. The molecule has 0 spiro atoms.